The molecule has 25 heavy (non-hydrogen) atoms. The molecule has 1 aromatic carbocycles. The molecule has 1 amide bonds. The second-order valence-corrected chi connectivity index (χ2v) is 6.85. The highest BCUT2D eigenvalue weighted by molar-refractivity contribution is 7.99. The molecule has 1 saturated heterocycles. The van der Waals surface area contributed by atoms with E-state index in [-0.39, 0.29) is 11.7 Å². The molecule has 0 atom stereocenters. The summed E-state index contributed by atoms with van der Waals surface area (Å²) in [5.74, 6) is 1.05. The van der Waals surface area contributed by atoms with Crippen LogP contribution in [-0.2, 0) is 11.2 Å². The number of carbonyl (C=O) groups is 1. The fraction of sp³-hybridized carbons (Fsp3) is 0.471. The lowest BCUT2D eigenvalue weighted by Gasteiger charge is -2.23. The lowest BCUT2D eigenvalue weighted by Crippen LogP contribution is -2.36. The van der Waals surface area contributed by atoms with Crippen LogP contribution in [0.2, 0.25) is 0 Å². The number of nitrogens with one attached hydrogen (secondary N) is 1. The van der Waals surface area contributed by atoms with Crippen molar-refractivity contribution in [3.05, 3.63) is 35.9 Å². The second kappa shape index (κ2) is 8.33. The van der Waals surface area contributed by atoms with Crippen LogP contribution >= 0.6 is 11.8 Å². The van der Waals surface area contributed by atoms with Crippen molar-refractivity contribution in [2.24, 2.45) is 0 Å². The van der Waals surface area contributed by atoms with Gasteiger partial charge in [0.05, 0.1) is 5.75 Å². The molecule has 0 aliphatic carbocycles. The Morgan fingerprint density at radius 2 is 2.04 bits per heavy atom. The summed E-state index contributed by atoms with van der Waals surface area (Å²) in [7, 11) is 0. The summed E-state index contributed by atoms with van der Waals surface area (Å²) in [6, 6.07) is 6.52. The van der Waals surface area contributed by atoms with Gasteiger partial charge in [-0.15, -0.1) is 5.10 Å². The highest BCUT2D eigenvalue weighted by Gasteiger charge is 2.20. The van der Waals surface area contributed by atoms with Crippen molar-refractivity contribution >= 4 is 23.4 Å². The number of benzene rings is 1. The molecule has 0 radical (unpaired) electrons. The summed E-state index contributed by atoms with van der Waals surface area (Å²) in [6.45, 7) is 5.03. The number of hydrogen-bond acceptors (Lipinski definition) is 5. The van der Waals surface area contributed by atoms with Gasteiger partial charge in [0.1, 0.15) is 11.6 Å². The molecule has 0 unspecified atom stereocenters. The number of thioether (sulfide) groups is 1. The monoisotopic (exact) mass is 363 g/mol. The van der Waals surface area contributed by atoms with Gasteiger partial charge in [0.25, 0.3) is 0 Å². The number of anilines is 1. The smallest absolute Gasteiger partial charge is 0.233 e. The average molecular weight is 363 g/mol. The van der Waals surface area contributed by atoms with Gasteiger partial charge in [-0.1, -0.05) is 18.7 Å². The summed E-state index contributed by atoms with van der Waals surface area (Å²) in [5, 5.41) is 7.57. The van der Waals surface area contributed by atoms with Crippen molar-refractivity contribution in [2.75, 3.05) is 36.8 Å². The first-order chi connectivity index (χ1) is 12.2. The molecule has 2 aromatic rings. The van der Waals surface area contributed by atoms with Crippen molar-refractivity contribution in [1.29, 1.82) is 0 Å². The number of hydrogen-bond donors (Lipinski definition) is 1. The third-order valence-corrected chi connectivity index (χ3v) is 5.04. The van der Waals surface area contributed by atoms with Gasteiger partial charge in [-0.05, 0) is 30.7 Å². The molecule has 134 valence electrons. The van der Waals surface area contributed by atoms with Gasteiger partial charge >= 0.3 is 0 Å². The summed E-state index contributed by atoms with van der Waals surface area (Å²) in [4.78, 5) is 20.9. The summed E-state index contributed by atoms with van der Waals surface area (Å²) in [5.41, 5.74) is 0.998. The standard InChI is InChI=1S/C17H22FN5OS/c1-2-15-19-17(21-20-15)25-12-16(24)23-9-3-8-22(10-11-23)14-6-4-13(18)5-7-14/h4-7H,2-3,8-12H2,1H3,(H,19,20,21). The molecular weight excluding hydrogens is 341 g/mol. The van der Waals surface area contributed by atoms with Gasteiger partial charge in [0, 0.05) is 38.3 Å². The van der Waals surface area contributed by atoms with E-state index in [9.17, 15) is 9.18 Å². The van der Waals surface area contributed by atoms with Crippen LogP contribution in [-0.4, -0.2) is 57.9 Å². The van der Waals surface area contributed by atoms with Gasteiger partial charge in [-0.25, -0.2) is 9.37 Å². The Bertz CT molecular complexity index is 705. The highest BCUT2D eigenvalue weighted by Crippen LogP contribution is 2.18. The number of nitrogens with zero attached hydrogens (tertiary/aromatic N) is 4. The summed E-state index contributed by atoms with van der Waals surface area (Å²) >= 11 is 1.36. The molecule has 3 rings (SSSR count). The third kappa shape index (κ3) is 4.72. The number of amides is 1. The number of aromatic amines is 1. The minimum Gasteiger partial charge on any atom is -0.370 e. The van der Waals surface area contributed by atoms with Crippen LogP contribution in [0.15, 0.2) is 29.4 Å². The Kier molecular flexibility index (Phi) is 5.91. The van der Waals surface area contributed by atoms with Crippen molar-refractivity contribution < 1.29 is 9.18 Å². The van der Waals surface area contributed by atoms with E-state index in [1.54, 1.807) is 12.1 Å². The van der Waals surface area contributed by atoms with Crippen LogP contribution in [0, 0.1) is 5.82 Å². The van der Waals surface area contributed by atoms with E-state index in [0.29, 0.717) is 17.5 Å². The molecule has 0 saturated carbocycles. The highest BCUT2D eigenvalue weighted by atomic mass is 32.2. The number of rotatable bonds is 5. The van der Waals surface area contributed by atoms with Crippen LogP contribution in [0.1, 0.15) is 19.2 Å². The van der Waals surface area contributed by atoms with E-state index in [1.807, 2.05) is 11.8 Å². The topological polar surface area (TPSA) is 65.1 Å². The molecule has 0 bridgehead atoms. The van der Waals surface area contributed by atoms with Gasteiger partial charge in [0.15, 0.2) is 0 Å². The van der Waals surface area contributed by atoms with Crippen molar-refractivity contribution in [3.8, 4) is 0 Å². The Morgan fingerprint density at radius 3 is 2.76 bits per heavy atom. The molecule has 2 heterocycles. The van der Waals surface area contributed by atoms with E-state index in [1.165, 1.54) is 23.9 Å². The number of halogens is 1. The number of H-pyrrole nitrogens is 1. The average Bonchev–Trinajstić information content (AvgIpc) is 2.95. The quantitative estimate of drug-likeness (QED) is 0.826. The van der Waals surface area contributed by atoms with Gasteiger partial charge in [-0.3, -0.25) is 9.89 Å². The van der Waals surface area contributed by atoms with Crippen molar-refractivity contribution in [2.45, 2.75) is 24.9 Å². The number of carbonyl (C=O) groups excluding carboxylic acids is 1. The van der Waals surface area contributed by atoms with Crippen LogP contribution in [0.3, 0.4) is 0 Å². The van der Waals surface area contributed by atoms with Crippen LogP contribution in [0.4, 0.5) is 10.1 Å². The Labute approximate surface area is 150 Å². The molecule has 1 aromatic heterocycles. The normalized spacial score (nSPS) is 15.3. The molecule has 1 aliphatic heterocycles. The predicted molar refractivity (Wildman–Crippen MR) is 96.3 cm³/mol. The molecule has 8 heteroatoms. The lowest BCUT2D eigenvalue weighted by atomic mass is 10.2. The van der Waals surface area contributed by atoms with E-state index >= 15 is 0 Å². The Balaban J connectivity index is 1.51. The maximum absolute atomic E-state index is 13.1. The molecule has 1 aliphatic rings. The van der Waals surface area contributed by atoms with Crippen LogP contribution < -0.4 is 4.90 Å². The first-order valence-corrected chi connectivity index (χ1v) is 9.46. The fourth-order valence-electron chi connectivity index (χ4n) is 2.80. The maximum Gasteiger partial charge on any atom is 0.233 e. The fourth-order valence-corrected chi connectivity index (χ4v) is 3.52. The van der Waals surface area contributed by atoms with Gasteiger partial charge in [0.2, 0.25) is 11.1 Å². The largest absolute Gasteiger partial charge is 0.370 e. The SMILES string of the molecule is CCc1nc(SCC(=O)N2CCCN(c3ccc(F)cc3)CC2)n[nH]1. The summed E-state index contributed by atoms with van der Waals surface area (Å²) < 4.78 is 13.1. The zero-order chi connectivity index (χ0) is 17.6. The Hall–Kier alpha value is -2.09. The van der Waals surface area contributed by atoms with E-state index in [2.05, 4.69) is 20.1 Å². The van der Waals surface area contributed by atoms with Gasteiger partial charge < -0.3 is 9.80 Å². The Morgan fingerprint density at radius 1 is 1.24 bits per heavy atom. The second-order valence-electron chi connectivity index (χ2n) is 5.90. The van der Waals surface area contributed by atoms with Crippen molar-refractivity contribution in [3.63, 3.8) is 0 Å². The summed E-state index contributed by atoms with van der Waals surface area (Å²) in [6.07, 6.45) is 1.70. The first-order valence-electron chi connectivity index (χ1n) is 8.48. The predicted octanol–water partition coefficient (Wildman–Crippen LogP) is 2.34. The van der Waals surface area contributed by atoms with Gasteiger partial charge in [-0.2, -0.15) is 0 Å². The van der Waals surface area contributed by atoms with E-state index in [0.717, 1.165) is 44.0 Å². The molecule has 1 fully saturated rings. The number of aryl methyl sites for hydroxylation is 1. The third-order valence-electron chi connectivity index (χ3n) is 4.21. The minimum atomic E-state index is -0.231. The molecular formula is C17H22FN5OS. The molecule has 1 N–H and O–H groups in total. The van der Waals surface area contributed by atoms with Crippen LogP contribution in [0.25, 0.3) is 0 Å². The first kappa shape index (κ1) is 17.7. The zero-order valence-corrected chi connectivity index (χ0v) is 15.1. The number of aromatic nitrogens is 3. The van der Waals surface area contributed by atoms with E-state index < -0.39 is 0 Å². The lowest BCUT2D eigenvalue weighted by molar-refractivity contribution is -0.128. The molecule has 0 spiro atoms. The van der Waals surface area contributed by atoms with Crippen molar-refractivity contribution in [1.82, 2.24) is 20.1 Å². The minimum absolute atomic E-state index is 0.105. The van der Waals surface area contributed by atoms with Crippen LogP contribution in [0.5, 0.6) is 0 Å². The zero-order valence-electron chi connectivity index (χ0n) is 14.2. The maximum atomic E-state index is 13.1. The molecule has 6 nitrogen and oxygen atoms in total. The van der Waals surface area contributed by atoms with E-state index in [4.69, 9.17) is 0 Å².